The minimum absolute atomic E-state index is 0.00342. The Morgan fingerprint density at radius 2 is 1.72 bits per heavy atom. The molecule has 10 heteroatoms. The van der Waals surface area contributed by atoms with E-state index in [1.165, 1.54) is 38.5 Å². The van der Waals surface area contributed by atoms with Gasteiger partial charge in [0.15, 0.2) is 0 Å². The molecule has 3 aromatic carbocycles. The number of hydrogen-bond donors (Lipinski definition) is 1. The van der Waals surface area contributed by atoms with Gasteiger partial charge in [-0.2, -0.15) is 0 Å². The first-order chi connectivity index (χ1) is 15.3. The number of para-hydroxylation sites is 2. The highest BCUT2D eigenvalue weighted by molar-refractivity contribution is 9.10. The minimum Gasteiger partial charge on any atom is -0.497 e. The summed E-state index contributed by atoms with van der Waals surface area (Å²) in [4.78, 5) is 12.8. The quantitative estimate of drug-likeness (QED) is 0.438. The summed E-state index contributed by atoms with van der Waals surface area (Å²) in [6, 6.07) is 17.4. The van der Waals surface area contributed by atoms with Crippen molar-refractivity contribution in [2.75, 3.05) is 30.4 Å². The van der Waals surface area contributed by atoms with E-state index in [0.717, 1.165) is 4.31 Å². The average molecular weight is 540 g/mol. The molecule has 0 saturated carbocycles. The van der Waals surface area contributed by atoms with Crippen molar-refractivity contribution >= 4 is 54.8 Å². The molecule has 0 aromatic heterocycles. The third-order valence-electron chi connectivity index (χ3n) is 4.49. The molecular weight excluding hydrogens is 520 g/mol. The van der Waals surface area contributed by atoms with Crippen molar-refractivity contribution in [3.05, 3.63) is 76.2 Å². The number of methoxy groups -OCH3 is 2. The maximum Gasteiger partial charge on any atom is 0.264 e. The van der Waals surface area contributed by atoms with E-state index < -0.39 is 22.5 Å². The highest BCUT2D eigenvalue weighted by atomic mass is 79.9. The van der Waals surface area contributed by atoms with Crippen molar-refractivity contribution in [2.24, 2.45) is 0 Å². The van der Waals surface area contributed by atoms with E-state index in [0.29, 0.717) is 26.7 Å². The summed E-state index contributed by atoms with van der Waals surface area (Å²) in [5.74, 6) is 0.271. The Kier molecular flexibility index (Phi) is 7.65. The number of carbonyl (C=O) groups is 1. The Labute approximate surface area is 200 Å². The predicted octanol–water partition coefficient (Wildman–Crippen LogP) is 4.95. The lowest BCUT2D eigenvalue weighted by Crippen LogP contribution is -2.38. The van der Waals surface area contributed by atoms with Crippen LogP contribution in [0.3, 0.4) is 0 Å². The number of sulfonamides is 1. The molecule has 0 bridgehead atoms. The van der Waals surface area contributed by atoms with E-state index in [4.69, 9.17) is 21.1 Å². The molecule has 0 spiro atoms. The van der Waals surface area contributed by atoms with Crippen LogP contribution in [0.15, 0.2) is 76.1 Å². The van der Waals surface area contributed by atoms with E-state index in [2.05, 4.69) is 21.2 Å². The minimum atomic E-state index is -4.11. The van der Waals surface area contributed by atoms with Gasteiger partial charge in [0.1, 0.15) is 18.0 Å². The zero-order valence-corrected chi connectivity index (χ0v) is 20.4. The van der Waals surface area contributed by atoms with Gasteiger partial charge in [0.05, 0.1) is 29.8 Å². The van der Waals surface area contributed by atoms with Crippen molar-refractivity contribution < 1.29 is 22.7 Å². The molecule has 0 aliphatic carbocycles. The average Bonchev–Trinajstić information content (AvgIpc) is 2.80. The summed E-state index contributed by atoms with van der Waals surface area (Å²) in [6.07, 6.45) is 0. The standard InChI is InChI=1S/C22H20BrClN2O5S/c1-30-16-8-10-17(11-9-16)32(28,29)26(20-5-3-4-6-21(20)31-2)14-22(27)25-15-7-12-18(23)19(24)13-15/h3-13H,14H2,1-2H3,(H,25,27). The fourth-order valence-electron chi connectivity index (χ4n) is 2.92. The Morgan fingerprint density at radius 3 is 2.34 bits per heavy atom. The van der Waals surface area contributed by atoms with Crippen LogP contribution in [0.4, 0.5) is 11.4 Å². The van der Waals surface area contributed by atoms with Gasteiger partial charge in [-0.1, -0.05) is 23.7 Å². The molecule has 3 rings (SSSR count). The second kappa shape index (κ2) is 10.2. The van der Waals surface area contributed by atoms with Gasteiger partial charge >= 0.3 is 0 Å². The number of anilines is 2. The van der Waals surface area contributed by atoms with Crippen LogP contribution in [0.5, 0.6) is 11.5 Å². The van der Waals surface area contributed by atoms with Crippen molar-refractivity contribution in [2.45, 2.75) is 4.90 Å². The third-order valence-corrected chi connectivity index (χ3v) is 7.50. The fraction of sp³-hybridized carbons (Fsp3) is 0.136. The molecular formula is C22H20BrClN2O5S. The van der Waals surface area contributed by atoms with Crippen LogP contribution in [0, 0.1) is 0 Å². The number of ether oxygens (including phenoxy) is 2. The van der Waals surface area contributed by atoms with Gasteiger partial charge in [0.2, 0.25) is 5.91 Å². The van der Waals surface area contributed by atoms with Gasteiger partial charge in [-0.05, 0) is 70.5 Å². The van der Waals surface area contributed by atoms with Crippen LogP contribution in [0.1, 0.15) is 0 Å². The molecule has 0 atom stereocenters. The number of hydrogen-bond acceptors (Lipinski definition) is 5. The summed E-state index contributed by atoms with van der Waals surface area (Å²) in [7, 11) is -1.19. The van der Waals surface area contributed by atoms with E-state index in [9.17, 15) is 13.2 Å². The second-order valence-corrected chi connectivity index (χ2v) is 9.66. The van der Waals surface area contributed by atoms with E-state index in [-0.39, 0.29) is 10.6 Å². The van der Waals surface area contributed by atoms with Crippen LogP contribution in [0.2, 0.25) is 5.02 Å². The van der Waals surface area contributed by atoms with Gasteiger partial charge in [-0.15, -0.1) is 0 Å². The van der Waals surface area contributed by atoms with Gasteiger partial charge in [-0.25, -0.2) is 8.42 Å². The largest absolute Gasteiger partial charge is 0.497 e. The SMILES string of the molecule is COc1ccc(S(=O)(=O)N(CC(=O)Nc2ccc(Br)c(Cl)c2)c2ccccc2OC)cc1. The molecule has 1 N–H and O–H groups in total. The number of halogens is 2. The zero-order chi connectivity index (χ0) is 23.3. The van der Waals surface area contributed by atoms with Crippen LogP contribution in [-0.4, -0.2) is 35.1 Å². The normalized spacial score (nSPS) is 11.0. The first-order valence-corrected chi connectivity index (χ1v) is 11.9. The van der Waals surface area contributed by atoms with Crippen molar-refractivity contribution in [1.82, 2.24) is 0 Å². The van der Waals surface area contributed by atoms with Gasteiger partial charge in [-0.3, -0.25) is 9.10 Å². The van der Waals surface area contributed by atoms with Crippen LogP contribution < -0.4 is 19.1 Å². The molecule has 0 unspecified atom stereocenters. The zero-order valence-electron chi connectivity index (χ0n) is 17.2. The molecule has 0 fully saturated rings. The van der Waals surface area contributed by atoms with Gasteiger partial charge in [0.25, 0.3) is 10.0 Å². The molecule has 7 nitrogen and oxygen atoms in total. The Bertz CT molecular complexity index is 1220. The molecule has 0 aliphatic rings. The smallest absolute Gasteiger partial charge is 0.264 e. The van der Waals surface area contributed by atoms with Crippen molar-refractivity contribution in [3.8, 4) is 11.5 Å². The molecule has 1 amide bonds. The summed E-state index contributed by atoms with van der Waals surface area (Å²) < 4.78 is 39.1. The lowest BCUT2D eigenvalue weighted by atomic mass is 10.3. The maximum absolute atomic E-state index is 13.5. The Morgan fingerprint density at radius 1 is 1.03 bits per heavy atom. The first-order valence-electron chi connectivity index (χ1n) is 9.31. The number of nitrogens with zero attached hydrogens (tertiary/aromatic N) is 1. The van der Waals surface area contributed by atoms with Gasteiger partial charge < -0.3 is 14.8 Å². The number of amides is 1. The highest BCUT2D eigenvalue weighted by Gasteiger charge is 2.29. The molecule has 0 heterocycles. The fourth-order valence-corrected chi connectivity index (χ4v) is 4.77. The van der Waals surface area contributed by atoms with Crippen molar-refractivity contribution in [3.63, 3.8) is 0 Å². The Hall–Kier alpha value is -2.75. The first kappa shape index (κ1) is 23.9. The summed E-state index contributed by atoms with van der Waals surface area (Å²) in [6.45, 7) is -0.484. The summed E-state index contributed by atoms with van der Waals surface area (Å²) in [5.41, 5.74) is 0.667. The molecule has 0 aliphatic heterocycles. The van der Waals surface area contributed by atoms with E-state index in [1.54, 1.807) is 42.5 Å². The summed E-state index contributed by atoms with van der Waals surface area (Å²) in [5, 5.41) is 3.09. The molecule has 3 aromatic rings. The van der Waals surface area contributed by atoms with Crippen LogP contribution in [0.25, 0.3) is 0 Å². The topological polar surface area (TPSA) is 84.9 Å². The van der Waals surface area contributed by atoms with Crippen molar-refractivity contribution in [1.29, 1.82) is 0 Å². The van der Waals surface area contributed by atoms with Crippen LogP contribution >= 0.6 is 27.5 Å². The highest BCUT2D eigenvalue weighted by Crippen LogP contribution is 2.33. The Balaban J connectivity index is 1.98. The summed E-state index contributed by atoms with van der Waals surface area (Å²) >= 11 is 9.37. The van der Waals surface area contributed by atoms with Gasteiger partial charge in [0, 0.05) is 10.2 Å². The van der Waals surface area contributed by atoms with E-state index in [1.807, 2.05) is 0 Å². The maximum atomic E-state index is 13.5. The number of rotatable bonds is 8. The van der Waals surface area contributed by atoms with E-state index >= 15 is 0 Å². The predicted molar refractivity (Wildman–Crippen MR) is 128 cm³/mol. The lowest BCUT2D eigenvalue weighted by Gasteiger charge is -2.25. The molecule has 32 heavy (non-hydrogen) atoms. The lowest BCUT2D eigenvalue weighted by molar-refractivity contribution is -0.114. The molecule has 0 saturated heterocycles. The monoisotopic (exact) mass is 538 g/mol. The molecule has 168 valence electrons. The second-order valence-electron chi connectivity index (χ2n) is 6.54. The number of carbonyl (C=O) groups excluding carboxylic acids is 1. The van der Waals surface area contributed by atoms with Crippen LogP contribution in [-0.2, 0) is 14.8 Å². The third kappa shape index (κ3) is 5.35. The number of benzene rings is 3. The number of nitrogens with one attached hydrogen (secondary N) is 1. The molecule has 0 radical (unpaired) electrons.